The second-order valence-electron chi connectivity index (χ2n) is 3.89. The zero-order valence-electron chi connectivity index (χ0n) is 8.43. The van der Waals surface area contributed by atoms with E-state index in [0.29, 0.717) is 5.92 Å². The lowest BCUT2D eigenvalue weighted by atomic mass is 9.97. The molecule has 0 saturated carbocycles. The summed E-state index contributed by atoms with van der Waals surface area (Å²) >= 11 is 6.94. The van der Waals surface area contributed by atoms with Crippen molar-refractivity contribution in [2.24, 2.45) is 11.7 Å². The molecule has 0 fully saturated rings. The summed E-state index contributed by atoms with van der Waals surface area (Å²) in [6.45, 7) is 4.30. The second kappa shape index (κ2) is 5.29. The van der Waals surface area contributed by atoms with Gasteiger partial charge in [0, 0.05) is 15.0 Å². The summed E-state index contributed by atoms with van der Waals surface area (Å²) in [7, 11) is 0. The zero-order valence-corrected chi connectivity index (χ0v) is 11.6. The number of hydrogen-bond donors (Lipinski definition) is 1. The fourth-order valence-electron chi connectivity index (χ4n) is 1.24. The van der Waals surface area contributed by atoms with E-state index < -0.39 is 0 Å². The van der Waals surface area contributed by atoms with E-state index in [9.17, 15) is 0 Å². The molecule has 0 saturated heterocycles. The maximum absolute atomic E-state index is 6.02. The molecule has 0 aromatic heterocycles. The van der Waals surface area contributed by atoms with E-state index in [1.54, 1.807) is 0 Å². The smallest absolute Gasteiger partial charge is 0.0189 e. The molecule has 0 aliphatic heterocycles. The highest BCUT2D eigenvalue weighted by Gasteiger charge is 2.09. The Morgan fingerprint density at radius 1 is 1.14 bits per heavy atom. The standard InChI is InChI=1S/C11H15Br2N/c1-7(2)11(14)5-8-3-9(12)6-10(13)4-8/h3-4,6-7,11H,5,14H2,1-2H3. The highest BCUT2D eigenvalue weighted by atomic mass is 79.9. The molecule has 1 atom stereocenters. The van der Waals surface area contributed by atoms with E-state index in [2.05, 4.69) is 57.8 Å². The molecule has 1 unspecified atom stereocenters. The molecule has 1 rings (SSSR count). The number of halogens is 2. The quantitative estimate of drug-likeness (QED) is 0.902. The van der Waals surface area contributed by atoms with Crippen LogP contribution >= 0.6 is 31.9 Å². The van der Waals surface area contributed by atoms with E-state index >= 15 is 0 Å². The average molecular weight is 321 g/mol. The van der Waals surface area contributed by atoms with Crippen LogP contribution in [0, 0.1) is 5.92 Å². The molecule has 0 aliphatic rings. The fourth-order valence-corrected chi connectivity index (χ4v) is 2.63. The van der Waals surface area contributed by atoms with Crippen LogP contribution in [0.5, 0.6) is 0 Å². The van der Waals surface area contributed by atoms with Gasteiger partial charge in [0.25, 0.3) is 0 Å². The third-order valence-corrected chi connectivity index (χ3v) is 3.17. The Hall–Kier alpha value is 0.140. The second-order valence-corrected chi connectivity index (χ2v) is 5.72. The molecule has 0 radical (unpaired) electrons. The SMILES string of the molecule is CC(C)C(N)Cc1cc(Br)cc(Br)c1. The van der Waals surface area contributed by atoms with Gasteiger partial charge in [-0.1, -0.05) is 45.7 Å². The van der Waals surface area contributed by atoms with Gasteiger partial charge in [-0.15, -0.1) is 0 Å². The predicted octanol–water partition coefficient (Wildman–Crippen LogP) is 3.74. The number of nitrogens with two attached hydrogens (primary N) is 1. The van der Waals surface area contributed by atoms with Crippen LogP contribution in [0.2, 0.25) is 0 Å². The van der Waals surface area contributed by atoms with Crippen molar-refractivity contribution >= 4 is 31.9 Å². The highest BCUT2D eigenvalue weighted by molar-refractivity contribution is 9.11. The fraction of sp³-hybridized carbons (Fsp3) is 0.455. The van der Waals surface area contributed by atoms with Gasteiger partial charge in [-0.05, 0) is 36.1 Å². The molecule has 2 N–H and O–H groups in total. The van der Waals surface area contributed by atoms with Gasteiger partial charge in [0.05, 0.1) is 0 Å². The monoisotopic (exact) mass is 319 g/mol. The molecule has 1 nitrogen and oxygen atoms in total. The van der Waals surface area contributed by atoms with Crippen molar-refractivity contribution in [2.75, 3.05) is 0 Å². The average Bonchev–Trinajstić information content (AvgIpc) is 2.01. The number of rotatable bonds is 3. The highest BCUT2D eigenvalue weighted by Crippen LogP contribution is 2.21. The molecule has 14 heavy (non-hydrogen) atoms. The van der Waals surface area contributed by atoms with Crippen LogP contribution in [0.15, 0.2) is 27.1 Å². The summed E-state index contributed by atoms with van der Waals surface area (Å²) in [5, 5.41) is 0. The Morgan fingerprint density at radius 2 is 1.64 bits per heavy atom. The van der Waals surface area contributed by atoms with Crippen LogP contribution < -0.4 is 5.73 Å². The van der Waals surface area contributed by atoms with Gasteiger partial charge in [-0.25, -0.2) is 0 Å². The van der Waals surface area contributed by atoms with Crippen molar-refractivity contribution in [1.82, 2.24) is 0 Å². The zero-order chi connectivity index (χ0) is 10.7. The summed E-state index contributed by atoms with van der Waals surface area (Å²) in [5.74, 6) is 0.521. The maximum Gasteiger partial charge on any atom is 0.0189 e. The Morgan fingerprint density at radius 3 is 2.07 bits per heavy atom. The maximum atomic E-state index is 6.02. The molecule has 0 aliphatic carbocycles. The van der Waals surface area contributed by atoms with Crippen LogP contribution in [0.4, 0.5) is 0 Å². The van der Waals surface area contributed by atoms with E-state index in [1.165, 1.54) is 5.56 Å². The van der Waals surface area contributed by atoms with Crippen molar-refractivity contribution < 1.29 is 0 Å². The summed E-state index contributed by atoms with van der Waals surface area (Å²) in [4.78, 5) is 0. The molecule has 0 bridgehead atoms. The molecule has 3 heteroatoms. The minimum absolute atomic E-state index is 0.233. The molecule has 0 amide bonds. The summed E-state index contributed by atoms with van der Waals surface area (Å²) < 4.78 is 2.19. The largest absolute Gasteiger partial charge is 0.327 e. The first-order chi connectivity index (χ1) is 6.49. The predicted molar refractivity (Wildman–Crippen MR) is 68.4 cm³/mol. The van der Waals surface area contributed by atoms with Gasteiger partial charge in [-0.2, -0.15) is 0 Å². The summed E-state index contributed by atoms with van der Waals surface area (Å²) in [5.41, 5.74) is 7.29. The summed E-state index contributed by atoms with van der Waals surface area (Å²) in [6.07, 6.45) is 0.926. The molecule has 1 aromatic rings. The van der Waals surface area contributed by atoms with Crippen molar-refractivity contribution in [3.8, 4) is 0 Å². The third kappa shape index (κ3) is 3.71. The van der Waals surface area contributed by atoms with Crippen molar-refractivity contribution in [3.63, 3.8) is 0 Å². The lowest BCUT2D eigenvalue weighted by molar-refractivity contribution is 0.490. The topological polar surface area (TPSA) is 26.0 Å². The Kier molecular flexibility index (Phi) is 4.61. The first-order valence-electron chi connectivity index (χ1n) is 4.69. The minimum atomic E-state index is 0.233. The van der Waals surface area contributed by atoms with Gasteiger partial charge < -0.3 is 5.73 Å². The van der Waals surface area contributed by atoms with Crippen LogP contribution in [-0.2, 0) is 6.42 Å². The third-order valence-electron chi connectivity index (χ3n) is 2.25. The lowest BCUT2D eigenvalue weighted by Crippen LogP contribution is -2.28. The van der Waals surface area contributed by atoms with Crippen LogP contribution in [-0.4, -0.2) is 6.04 Å². The molecular formula is C11H15Br2N. The number of benzene rings is 1. The molecule has 1 aromatic carbocycles. The van der Waals surface area contributed by atoms with E-state index in [4.69, 9.17) is 5.73 Å². The summed E-state index contributed by atoms with van der Waals surface area (Å²) in [6, 6.07) is 6.50. The first-order valence-corrected chi connectivity index (χ1v) is 6.28. The van der Waals surface area contributed by atoms with Gasteiger partial charge in [0.15, 0.2) is 0 Å². The Balaban J connectivity index is 2.76. The van der Waals surface area contributed by atoms with E-state index in [0.717, 1.165) is 15.4 Å². The van der Waals surface area contributed by atoms with Crippen molar-refractivity contribution in [2.45, 2.75) is 26.3 Å². The van der Waals surface area contributed by atoms with Gasteiger partial charge in [0.2, 0.25) is 0 Å². The van der Waals surface area contributed by atoms with E-state index in [-0.39, 0.29) is 6.04 Å². The van der Waals surface area contributed by atoms with Gasteiger partial charge in [-0.3, -0.25) is 0 Å². The van der Waals surface area contributed by atoms with Crippen LogP contribution in [0.3, 0.4) is 0 Å². The molecule has 0 heterocycles. The molecule has 0 spiro atoms. The lowest BCUT2D eigenvalue weighted by Gasteiger charge is -2.15. The Labute approximate surface area is 102 Å². The number of hydrogen-bond acceptors (Lipinski definition) is 1. The Bertz CT molecular complexity index is 290. The van der Waals surface area contributed by atoms with E-state index in [1.807, 2.05) is 6.07 Å². The first kappa shape index (κ1) is 12.2. The minimum Gasteiger partial charge on any atom is -0.327 e. The van der Waals surface area contributed by atoms with Gasteiger partial charge in [0.1, 0.15) is 0 Å². The van der Waals surface area contributed by atoms with Crippen LogP contribution in [0.25, 0.3) is 0 Å². The molecule has 78 valence electrons. The van der Waals surface area contributed by atoms with Crippen molar-refractivity contribution in [1.29, 1.82) is 0 Å². The van der Waals surface area contributed by atoms with Crippen molar-refractivity contribution in [3.05, 3.63) is 32.7 Å². The normalized spacial score (nSPS) is 13.3. The molecular weight excluding hydrogens is 306 g/mol. The van der Waals surface area contributed by atoms with Gasteiger partial charge >= 0.3 is 0 Å². The van der Waals surface area contributed by atoms with Crippen LogP contribution in [0.1, 0.15) is 19.4 Å².